The fraction of sp³-hybridized carbons (Fsp3) is 0.769. The number of piperazine rings is 1. The Morgan fingerprint density at radius 2 is 2.33 bits per heavy atom. The second kappa shape index (κ2) is 6.31. The van der Waals surface area contributed by atoms with Gasteiger partial charge in [-0.05, 0) is 13.8 Å². The van der Waals surface area contributed by atoms with Crippen molar-refractivity contribution in [2.24, 2.45) is 0 Å². The van der Waals surface area contributed by atoms with E-state index in [0.29, 0.717) is 6.04 Å². The van der Waals surface area contributed by atoms with Crippen molar-refractivity contribution in [1.29, 1.82) is 0 Å². The first-order chi connectivity index (χ1) is 8.70. The average molecular weight is 253 g/mol. The molecule has 2 rings (SSSR count). The third-order valence-electron chi connectivity index (χ3n) is 3.65. The number of ether oxygens (including phenoxy) is 1. The number of aromatic nitrogens is 1. The fourth-order valence-corrected chi connectivity index (χ4v) is 2.43. The molecule has 1 fully saturated rings. The maximum Gasteiger partial charge on any atom is 0.127 e. The molecule has 102 valence electrons. The Morgan fingerprint density at radius 3 is 2.94 bits per heavy atom. The minimum absolute atomic E-state index is 0.570. The van der Waals surface area contributed by atoms with Crippen LogP contribution in [0.4, 0.5) is 0 Å². The highest BCUT2D eigenvalue weighted by Gasteiger charge is 2.24. The zero-order chi connectivity index (χ0) is 13.0. The van der Waals surface area contributed by atoms with E-state index in [-0.39, 0.29) is 0 Å². The predicted molar refractivity (Wildman–Crippen MR) is 69.4 cm³/mol. The first kappa shape index (κ1) is 13.5. The average Bonchev–Trinajstić information content (AvgIpc) is 2.74. The summed E-state index contributed by atoms with van der Waals surface area (Å²) < 4.78 is 10.1. The molecule has 1 aliphatic rings. The fourth-order valence-electron chi connectivity index (χ4n) is 2.43. The van der Waals surface area contributed by atoms with Crippen LogP contribution in [0.3, 0.4) is 0 Å². The van der Waals surface area contributed by atoms with Crippen LogP contribution >= 0.6 is 0 Å². The van der Waals surface area contributed by atoms with Gasteiger partial charge in [-0.15, -0.1) is 0 Å². The van der Waals surface area contributed by atoms with Gasteiger partial charge in [0.2, 0.25) is 0 Å². The molecular weight excluding hydrogens is 230 g/mol. The molecule has 5 heteroatoms. The van der Waals surface area contributed by atoms with Crippen molar-refractivity contribution in [3.05, 3.63) is 17.5 Å². The van der Waals surface area contributed by atoms with Gasteiger partial charge in [0.15, 0.2) is 0 Å². The van der Waals surface area contributed by atoms with Crippen LogP contribution < -0.4 is 0 Å². The summed E-state index contributed by atoms with van der Waals surface area (Å²) in [6, 6.07) is 0.570. The SMILES string of the molecule is COCCN1CCN(Cc2nocc2C)CC1C. The van der Waals surface area contributed by atoms with E-state index >= 15 is 0 Å². The van der Waals surface area contributed by atoms with Crippen LogP contribution in [0.15, 0.2) is 10.8 Å². The van der Waals surface area contributed by atoms with Crippen molar-refractivity contribution in [2.75, 3.05) is 39.9 Å². The molecule has 0 amide bonds. The van der Waals surface area contributed by atoms with E-state index in [4.69, 9.17) is 9.26 Å². The molecule has 1 unspecified atom stereocenters. The van der Waals surface area contributed by atoms with Gasteiger partial charge in [0, 0.05) is 51.4 Å². The van der Waals surface area contributed by atoms with Crippen LogP contribution in [-0.2, 0) is 11.3 Å². The summed E-state index contributed by atoms with van der Waals surface area (Å²) >= 11 is 0. The lowest BCUT2D eigenvalue weighted by atomic mass is 10.1. The number of hydrogen-bond donors (Lipinski definition) is 0. The monoisotopic (exact) mass is 253 g/mol. The van der Waals surface area contributed by atoms with Gasteiger partial charge in [0.1, 0.15) is 12.0 Å². The first-order valence-electron chi connectivity index (χ1n) is 6.56. The van der Waals surface area contributed by atoms with Crippen molar-refractivity contribution in [2.45, 2.75) is 26.4 Å². The Labute approximate surface area is 109 Å². The summed E-state index contributed by atoms with van der Waals surface area (Å²) in [5.41, 5.74) is 2.21. The zero-order valence-electron chi connectivity index (χ0n) is 11.6. The van der Waals surface area contributed by atoms with Crippen LogP contribution in [0.1, 0.15) is 18.2 Å². The van der Waals surface area contributed by atoms with Gasteiger partial charge in [-0.3, -0.25) is 9.80 Å². The number of rotatable bonds is 5. The minimum Gasteiger partial charge on any atom is -0.383 e. The molecule has 0 aliphatic carbocycles. The summed E-state index contributed by atoms with van der Waals surface area (Å²) in [6.07, 6.45) is 1.72. The zero-order valence-corrected chi connectivity index (χ0v) is 11.6. The number of aryl methyl sites for hydroxylation is 1. The highest BCUT2D eigenvalue weighted by molar-refractivity contribution is 5.11. The molecule has 0 spiro atoms. The smallest absolute Gasteiger partial charge is 0.127 e. The lowest BCUT2D eigenvalue weighted by Gasteiger charge is -2.39. The highest BCUT2D eigenvalue weighted by atomic mass is 16.5. The van der Waals surface area contributed by atoms with Gasteiger partial charge in [-0.2, -0.15) is 0 Å². The molecule has 1 aromatic rings. The minimum atomic E-state index is 0.570. The Bertz CT molecular complexity index is 367. The third-order valence-corrected chi connectivity index (χ3v) is 3.65. The van der Waals surface area contributed by atoms with E-state index in [9.17, 15) is 0 Å². The van der Waals surface area contributed by atoms with E-state index in [1.54, 1.807) is 13.4 Å². The largest absolute Gasteiger partial charge is 0.383 e. The van der Waals surface area contributed by atoms with Crippen molar-refractivity contribution >= 4 is 0 Å². The molecular formula is C13H23N3O2. The van der Waals surface area contributed by atoms with Gasteiger partial charge < -0.3 is 9.26 Å². The normalized spacial score (nSPS) is 22.5. The molecule has 18 heavy (non-hydrogen) atoms. The second-order valence-corrected chi connectivity index (χ2v) is 5.06. The van der Waals surface area contributed by atoms with Gasteiger partial charge in [0.25, 0.3) is 0 Å². The molecule has 0 bridgehead atoms. The topological polar surface area (TPSA) is 41.7 Å². The lowest BCUT2D eigenvalue weighted by Crippen LogP contribution is -2.52. The van der Waals surface area contributed by atoms with Crippen LogP contribution in [0.2, 0.25) is 0 Å². The summed E-state index contributed by atoms with van der Waals surface area (Å²) in [6.45, 7) is 10.3. The summed E-state index contributed by atoms with van der Waals surface area (Å²) in [7, 11) is 1.76. The van der Waals surface area contributed by atoms with Crippen LogP contribution in [0.5, 0.6) is 0 Å². The van der Waals surface area contributed by atoms with Crippen LogP contribution in [0.25, 0.3) is 0 Å². The molecule has 1 atom stereocenters. The van der Waals surface area contributed by atoms with Crippen molar-refractivity contribution in [3.8, 4) is 0 Å². The Hall–Kier alpha value is -0.910. The molecule has 0 radical (unpaired) electrons. The number of nitrogens with zero attached hydrogens (tertiary/aromatic N) is 3. The second-order valence-electron chi connectivity index (χ2n) is 5.06. The Balaban J connectivity index is 1.83. The van der Waals surface area contributed by atoms with Gasteiger partial charge in [-0.1, -0.05) is 5.16 Å². The van der Waals surface area contributed by atoms with Crippen molar-refractivity contribution in [1.82, 2.24) is 15.0 Å². The van der Waals surface area contributed by atoms with Gasteiger partial charge in [0.05, 0.1) is 6.61 Å². The molecule has 0 aromatic carbocycles. The predicted octanol–water partition coefficient (Wildman–Crippen LogP) is 1.14. The Kier molecular flexibility index (Phi) is 4.74. The molecule has 2 heterocycles. The molecule has 1 saturated heterocycles. The Morgan fingerprint density at radius 1 is 1.50 bits per heavy atom. The molecule has 0 N–H and O–H groups in total. The quantitative estimate of drug-likeness (QED) is 0.787. The number of hydrogen-bond acceptors (Lipinski definition) is 5. The lowest BCUT2D eigenvalue weighted by molar-refractivity contribution is 0.0547. The van der Waals surface area contributed by atoms with E-state index in [2.05, 4.69) is 21.9 Å². The van der Waals surface area contributed by atoms with Crippen molar-refractivity contribution in [3.63, 3.8) is 0 Å². The molecule has 5 nitrogen and oxygen atoms in total. The van der Waals surface area contributed by atoms with E-state index in [1.165, 1.54) is 0 Å². The van der Waals surface area contributed by atoms with Crippen molar-refractivity contribution < 1.29 is 9.26 Å². The summed E-state index contributed by atoms with van der Waals surface area (Å²) in [5, 5.41) is 4.05. The summed E-state index contributed by atoms with van der Waals surface area (Å²) in [5.74, 6) is 0. The molecule has 1 aliphatic heterocycles. The molecule has 0 saturated carbocycles. The summed E-state index contributed by atoms with van der Waals surface area (Å²) in [4.78, 5) is 4.93. The van der Waals surface area contributed by atoms with E-state index < -0.39 is 0 Å². The number of methoxy groups -OCH3 is 1. The maximum atomic E-state index is 5.14. The van der Waals surface area contributed by atoms with Gasteiger partial charge in [-0.25, -0.2) is 0 Å². The van der Waals surface area contributed by atoms with E-state index in [1.807, 2.05) is 6.92 Å². The van der Waals surface area contributed by atoms with Crippen LogP contribution in [-0.4, -0.2) is 60.9 Å². The van der Waals surface area contributed by atoms with E-state index in [0.717, 1.165) is 50.6 Å². The first-order valence-corrected chi connectivity index (χ1v) is 6.56. The standard InChI is InChI=1S/C13H23N3O2/c1-11-10-18-14-13(11)9-15-4-5-16(6-7-17-3)12(2)8-15/h10,12H,4-9H2,1-3H3. The highest BCUT2D eigenvalue weighted by Crippen LogP contribution is 2.14. The maximum absolute atomic E-state index is 5.14. The third kappa shape index (κ3) is 3.31. The molecule has 1 aromatic heterocycles. The van der Waals surface area contributed by atoms with Gasteiger partial charge >= 0.3 is 0 Å². The van der Waals surface area contributed by atoms with Crippen LogP contribution in [0, 0.1) is 6.92 Å².